The van der Waals surface area contributed by atoms with E-state index in [1.54, 1.807) is 30.0 Å². The van der Waals surface area contributed by atoms with Gasteiger partial charge in [-0.3, -0.25) is 14.4 Å². The third-order valence-corrected chi connectivity index (χ3v) is 9.94. The summed E-state index contributed by atoms with van der Waals surface area (Å²) < 4.78 is 53.7. The Morgan fingerprint density at radius 2 is 1.91 bits per heavy atom. The fourth-order valence-corrected chi connectivity index (χ4v) is 6.51. The molecule has 0 radical (unpaired) electrons. The van der Waals surface area contributed by atoms with Gasteiger partial charge in [0.15, 0.2) is 17.3 Å². The van der Waals surface area contributed by atoms with E-state index >= 15 is 0 Å². The quantitative estimate of drug-likeness (QED) is 0.301. The van der Waals surface area contributed by atoms with E-state index < -0.39 is 22.9 Å². The maximum Gasteiger partial charge on any atom is 0.273 e. The van der Waals surface area contributed by atoms with Crippen LogP contribution in [0.25, 0.3) is 10.6 Å². The lowest BCUT2D eigenvalue weighted by Crippen LogP contribution is -2.50. The molecular weight excluding hydrogens is 596 g/mol. The fraction of sp³-hybridized carbons (Fsp3) is 0.407. The van der Waals surface area contributed by atoms with Crippen molar-refractivity contribution in [2.45, 2.75) is 19.8 Å². The first kappa shape index (κ1) is 26.5. The molecule has 1 aliphatic carbocycles. The fourth-order valence-electron chi connectivity index (χ4n) is 4.52. The largest absolute Gasteiger partial charge is 0.494 e. The number of para-hydroxylation sites is 1. The molecule has 1 aromatic carbocycles. The van der Waals surface area contributed by atoms with Gasteiger partial charge in [0.2, 0.25) is 15.9 Å². The lowest BCUT2D eigenvalue weighted by Gasteiger charge is -2.33. The minimum Gasteiger partial charge on any atom is -0.494 e. The summed E-state index contributed by atoms with van der Waals surface area (Å²) in [5.74, 6) is -1.26. The summed E-state index contributed by atoms with van der Waals surface area (Å²) >= 11 is 1.14. The zero-order chi connectivity index (χ0) is 33.2. The molecule has 228 valence electrons. The second-order valence-electron chi connectivity index (χ2n) is 9.84. The van der Waals surface area contributed by atoms with Crippen LogP contribution in [0.1, 0.15) is 44.0 Å². The Labute approximate surface area is 257 Å². The molecule has 3 heterocycles. The second kappa shape index (κ2) is 12.6. The van der Waals surface area contributed by atoms with Crippen molar-refractivity contribution in [2.24, 2.45) is 5.92 Å². The number of methoxy groups -OCH3 is 1. The maximum absolute atomic E-state index is 13.3. The van der Waals surface area contributed by atoms with E-state index in [1.165, 1.54) is 23.7 Å². The van der Waals surface area contributed by atoms with Gasteiger partial charge >= 0.3 is 0 Å². The Kier molecular flexibility index (Phi) is 7.76. The molecule has 43 heavy (non-hydrogen) atoms. The van der Waals surface area contributed by atoms with Gasteiger partial charge in [0, 0.05) is 49.3 Å². The lowest BCUT2D eigenvalue weighted by molar-refractivity contribution is -0.117. The summed E-state index contributed by atoms with van der Waals surface area (Å²) in [5.41, 5.74) is 0.597. The number of carbonyl (C=O) groups is 3. The van der Waals surface area contributed by atoms with Gasteiger partial charge in [0.1, 0.15) is 9.88 Å². The van der Waals surface area contributed by atoms with Crippen molar-refractivity contribution in [1.82, 2.24) is 29.7 Å². The highest BCUT2D eigenvalue weighted by molar-refractivity contribution is 7.89. The van der Waals surface area contributed by atoms with Crippen molar-refractivity contribution in [3.8, 4) is 16.3 Å². The minimum atomic E-state index is -3.33. The highest BCUT2D eigenvalue weighted by Crippen LogP contribution is 2.40. The van der Waals surface area contributed by atoms with Crippen LogP contribution < -0.4 is 20.7 Å². The van der Waals surface area contributed by atoms with Crippen LogP contribution in [0, 0.1) is 5.92 Å². The molecule has 3 aromatic rings. The monoisotopic (exact) mass is 631 g/mol. The van der Waals surface area contributed by atoms with Gasteiger partial charge in [-0.15, -0.1) is 21.5 Å². The SMILES string of the molecule is [2H]C([2H])([2H])NC(=O)c1nnc(NC(=O)C2CC2)cc1Nc1cccc(-c2ncc(C(=O)N3CCN(S(=O)(=O)CC)CC3)s2)c1OC. The standard InChI is InChI=1S/C27H32N8O6S2/c1-4-43(39,40)35-12-10-34(11-13-35)27(38)20-15-29-26(42-20)17-6-5-7-18(23(17)41-3)30-19-14-21(31-24(36)16-8-9-16)32-33-22(19)25(37)28-2/h5-7,14-16H,4,8-13H2,1-3H3,(H,28,37)(H2,30,31,32,36)/i2D3. The molecule has 5 rings (SSSR count). The van der Waals surface area contributed by atoms with Gasteiger partial charge in [0.25, 0.3) is 11.8 Å². The molecule has 3 amide bonds. The van der Waals surface area contributed by atoms with Gasteiger partial charge in [-0.1, -0.05) is 6.07 Å². The van der Waals surface area contributed by atoms with E-state index in [2.05, 4.69) is 25.8 Å². The number of piperazine rings is 1. The van der Waals surface area contributed by atoms with Crippen LogP contribution in [-0.4, -0.2) is 96.5 Å². The van der Waals surface area contributed by atoms with Crippen molar-refractivity contribution in [3.63, 3.8) is 0 Å². The van der Waals surface area contributed by atoms with E-state index in [9.17, 15) is 22.8 Å². The summed E-state index contributed by atoms with van der Waals surface area (Å²) in [5, 5.41) is 15.9. The Morgan fingerprint density at radius 3 is 2.58 bits per heavy atom. The molecule has 0 spiro atoms. The van der Waals surface area contributed by atoms with Crippen molar-refractivity contribution < 1.29 is 31.7 Å². The average Bonchev–Trinajstić information content (AvgIpc) is 3.76. The molecule has 0 bridgehead atoms. The topological polar surface area (TPSA) is 176 Å². The number of anilines is 3. The average molecular weight is 632 g/mol. The first-order valence-corrected chi connectivity index (χ1v) is 15.9. The number of amides is 3. The molecule has 2 aliphatic rings. The first-order valence-electron chi connectivity index (χ1n) is 15.0. The third kappa shape index (κ3) is 6.60. The molecule has 14 nitrogen and oxygen atoms in total. The van der Waals surface area contributed by atoms with E-state index in [0.29, 0.717) is 26.9 Å². The van der Waals surface area contributed by atoms with Gasteiger partial charge in [-0.2, -0.15) is 4.31 Å². The zero-order valence-electron chi connectivity index (χ0n) is 26.4. The Bertz CT molecular complexity index is 1760. The molecule has 0 atom stereocenters. The van der Waals surface area contributed by atoms with Crippen LogP contribution in [0.15, 0.2) is 30.5 Å². The number of rotatable bonds is 10. The van der Waals surface area contributed by atoms with E-state index in [0.717, 1.165) is 24.2 Å². The van der Waals surface area contributed by atoms with Crippen molar-refractivity contribution >= 4 is 56.3 Å². The van der Waals surface area contributed by atoms with Crippen molar-refractivity contribution in [2.75, 3.05) is 56.7 Å². The molecule has 1 saturated heterocycles. The van der Waals surface area contributed by atoms with Gasteiger partial charge in [-0.25, -0.2) is 13.4 Å². The second-order valence-corrected chi connectivity index (χ2v) is 13.1. The maximum atomic E-state index is 13.3. The van der Waals surface area contributed by atoms with Crippen LogP contribution in [0.3, 0.4) is 0 Å². The summed E-state index contributed by atoms with van der Waals surface area (Å²) in [7, 11) is -1.90. The normalized spacial score (nSPS) is 16.9. The van der Waals surface area contributed by atoms with Gasteiger partial charge in [0.05, 0.1) is 36.0 Å². The Hall–Kier alpha value is -4.15. The van der Waals surface area contributed by atoms with Crippen LogP contribution >= 0.6 is 11.3 Å². The van der Waals surface area contributed by atoms with E-state index in [4.69, 9.17) is 8.85 Å². The number of ether oxygens (including phenoxy) is 1. The van der Waals surface area contributed by atoms with E-state index in [-0.39, 0.29) is 66.9 Å². The number of benzene rings is 1. The van der Waals surface area contributed by atoms with Crippen LogP contribution in [0.2, 0.25) is 0 Å². The smallest absolute Gasteiger partial charge is 0.273 e. The molecule has 2 aromatic heterocycles. The third-order valence-electron chi connectivity index (χ3n) is 7.04. The molecule has 3 N–H and O–H groups in total. The van der Waals surface area contributed by atoms with Crippen molar-refractivity contribution in [3.05, 3.63) is 41.0 Å². The first-order chi connectivity index (χ1) is 21.8. The number of hydrogen-bond donors (Lipinski definition) is 3. The van der Waals surface area contributed by atoms with Crippen LogP contribution in [-0.2, 0) is 14.8 Å². The molecule has 1 aliphatic heterocycles. The number of nitrogens with zero attached hydrogens (tertiary/aromatic N) is 5. The Balaban J connectivity index is 1.40. The van der Waals surface area contributed by atoms with E-state index in [1.807, 2.05) is 5.32 Å². The number of aromatic nitrogens is 3. The highest BCUT2D eigenvalue weighted by atomic mass is 32.2. The van der Waals surface area contributed by atoms with Gasteiger partial charge in [-0.05, 0) is 31.9 Å². The molecule has 0 unspecified atom stereocenters. The summed E-state index contributed by atoms with van der Waals surface area (Å²) in [6.45, 7) is -0.243. The summed E-state index contributed by atoms with van der Waals surface area (Å²) in [6.07, 6.45) is 2.98. The molecule has 2 fully saturated rings. The Morgan fingerprint density at radius 1 is 1.14 bits per heavy atom. The molecule has 16 heteroatoms. The molecule has 1 saturated carbocycles. The van der Waals surface area contributed by atoms with Crippen LogP contribution in [0.5, 0.6) is 5.75 Å². The zero-order valence-corrected chi connectivity index (χ0v) is 25.0. The summed E-state index contributed by atoms with van der Waals surface area (Å²) in [6, 6.07) is 6.46. The number of hydrogen-bond acceptors (Lipinski definition) is 11. The number of thiazole rings is 1. The predicted octanol–water partition coefficient (Wildman–Crippen LogP) is 2.17. The summed E-state index contributed by atoms with van der Waals surface area (Å²) in [4.78, 5) is 44.8. The molecular formula is C27H32N8O6S2. The number of nitrogens with one attached hydrogen (secondary N) is 3. The minimum absolute atomic E-state index is 0.00146. The highest BCUT2D eigenvalue weighted by Gasteiger charge is 2.31. The predicted molar refractivity (Wildman–Crippen MR) is 161 cm³/mol. The number of sulfonamides is 1. The lowest BCUT2D eigenvalue weighted by atomic mass is 10.1. The van der Waals surface area contributed by atoms with Gasteiger partial charge < -0.3 is 25.6 Å². The van der Waals surface area contributed by atoms with Crippen molar-refractivity contribution in [1.29, 1.82) is 0 Å². The van der Waals surface area contributed by atoms with Crippen LogP contribution in [0.4, 0.5) is 17.2 Å². The number of carbonyl (C=O) groups excluding carboxylic acids is 3.